The highest BCUT2D eigenvalue weighted by atomic mass is 16.5. The van der Waals surface area contributed by atoms with Crippen molar-refractivity contribution in [2.24, 2.45) is 12.8 Å². The Kier molecular flexibility index (Phi) is 3.31. The van der Waals surface area contributed by atoms with Crippen LogP contribution < -0.4 is 5.73 Å². The van der Waals surface area contributed by atoms with E-state index in [1.807, 2.05) is 13.2 Å². The molecule has 2 aromatic rings. The van der Waals surface area contributed by atoms with Crippen LogP contribution in [0, 0.1) is 0 Å². The third-order valence-electron chi connectivity index (χ3n) is 4.00. The van der Waals surface area contributed by atoms with Gasteiger partial charge in [0.15, 0.2) is 0 Å². The van der Waals surface area contributed by atoms with Crippen molar-refractivity contribution in [2.75, 3.05) is 7.11 Å². The minimum absolute atomic E-state index is 0.399. The Hall–Kier alpha value is -1.73. The molecular formula is C13H19N5O2. The number of aryl methyl sites for hydroxylation is 1. The van der Waals surface area contributed by atoms with Gasteiger partial charge in [0, 0.05) is 25.9 Å². The lowest BCUT2D eigenvalue weighted by atomic mass is 10.0. The minimum Gasteiger partial charge on any atom is -0.370 e. The van der Waals surface area contributed by atoms with Crippen molar-refractivity contribution in [3.05, 3.63) is 29.7 Å². The summed E-state index contributed by atoms with van der Waals surface area (Å²) in [6.07, 6.45) is 7.63. The molecule has 7 nitrogen and oxygen atoms in total. The van der Waals surface area contributed by atoms with Crippen LogP contribution in [0.3, 0.4) is 0 Å². The number of rotatable bonds is 4. The van der Waals surface area contributed by atoms with E-state index in [1.54, 1.807) is 18.0 Å². The topological polar surface area (TPSA) is 92.0 Å². The maximum Gasteiger partial charge on any atom is 0.248 e. The van der Waals surface area contributed by atoms with Crippen molar-refractivity contribution in [2.45, 2.75) is 37.3 Å². The molecule has 20 heavy (non-hydrogen) atoms. The van der Waals surface area contributed by atoms with E-state index in [0.29, 0.717) is 11.7 Å². The molecule has 3 rings (SSSR count). The average molecular weight is 277 g/mol. The van der Waals surface area contributed by atoms with E-state index in [2.05, 4.69) is 15.2 Å². The molecule has 2 aromatic heterocycles. The van der Waals surface area contributed by atoms with E-state index in [9.17, 15) is 0 Å². The molecule has 0 spiro atoms. The molecule has 0 aromatic carbocycles. The van der Waals surface area contributed by atoms with Gasteiger partial charge in [-0.05, 0) is 25.7 Å². The summed E-state index contributed by atoms with van der Waals surface area (Å²) in [5, 5.41) is 8.18. The van der Waals surface area contributed by atoms with E-state index in [4.69, 9.17) is 15.0 Å². The standard InChI is InChI=1S/C13H19N5O2/c1-18-8-9(7-15-18)10(14)11-16-12(17-20-11)13(19-2)5-3-4-6-13/h7-8,10H,3-6,14H2,1-2H3. The second-order valence-electron chi connectivity index (χ2n) is 5.29. The van der Waals surface area contributed by atoms with E-state index in [1.165, 1.54) is 0 Å². The molecule has 0 radical (unpaired) electrons. The molecule has 1 aliphatic rings. The fraction of sp³-hybridized carbons (Fsp3) is 0.615. The predicted molar refractivity (Wildman–Crippen MR) is 70.7 cm³/mol. The molecule has 108 valence electrons. The first kappa shape index (κ1) is 13.3. The number of hydrogen-bond donors (Lipinski definition) is 1. The summed E-state index contributed by atoms with van der Waals surface area (Å²) in [4.78, 5) is 4.46. The Balaban J connectivity index is 1.86. The average Bonchev–Trinajstić information content (AvgIpc) is 3.18. The van der Waals surface area contributed by atoms with Crippen LogP contribution in [-0.2, 0) is 17.4 Å². The molecule has 0 amide bonds. The van der Waals surface area contributed by atoms with Crippen molar-refractivity contribution in [3.8, 4) is 0 Å². The van der Waals surface area contributed by atoms with Crippen LogP contribution in [0.25, 0.3) is 0 Å². The first-order valence-electron chi connectivity index (χ1n) is 6.78. The van der Waals surface area contributed by atoms with Gasteiger partial charge in [0.25, 0.3) is 0 Å². The summed E-state index contributed by atoms with van der Waals surface area (Å²) in [6.45, 7) is 0. The van der Waals surface area contributed by atoms with Crippen LogP contribution in [0.4, 0.5) is 0 Å². The second-order valence-corrected chi connectivity index (χ2v) is 5.29. The molecule has 1 atom stereocenters. The summed E-state index contributed by atoms with van der Waals surface area (Å²) in [7, 11) is 3.54. The lowest BCUT2D eigenvalue weighted by Crippen LogP contribution is -2.26. The molecular weight excluding hydrogens is 258 g/mol. The lowest BCUT2D eigenvalue weighted by Gasteiger charge is -2.22. The highest BCUT2D eigenvalue weighted by Crippen LogP contribution is 2.40. The number of ether oxygens (including phenoxy) is 1. The quantitative estimate of drug-likeness (QED) is 0.904. The zero-order valence-electron chi connectivity index (χ0n) is 11.7. The lowest BCUT2D eigenvalue weighted by molar-refractivity contribution is -0.0178. The maximum atomic E-state index is 6.14. The number of aromatic nitrogens is 4. The van der Waals surface area contributed by atoms with Crippen molar-refractivity contribution in [3.63, 3.8) is 0 Å². The summed E-state index contributed by atoms with van der Waals surface area (Å²) in [6, 6.07) is -0.458. The predicted octanol–water partition coefficient (Wildman–Crippen LogP) is 1.27. The first-order chi connectivity index (χ1) is 9.64. The fourth-order valence-corrected chi connectivity index (χ4v) is 2.76. The summed E-state index contributed by atoms with van der Waals surface area (Å²) >= 11 is 0. The van der Waals surface area contributed by atoms with E-state index in [0.717, 1.165) is 31.2 Å². The van der Waals surface area contributed by atoms with Crippen molar-refractivity contribution in [1.29, 1.82) is 0 Å². The molecule has 1 aliphatic carbocycles. The van der Waals surface area contributed by atoms with Gasteiger partial charge in [-0.2, -0.15) is 10.1 Å². The number of hydrogen-bond acceptors (Lipinski definition) is 6. The molecule has 2 N–H and O–H groups in total. The van der Waals surface area contributed by atoms with Gasteiger partial charge in [-0.25, -0.2) is 0 Å². The van der Waals surface area contributed by atoms with Crippen LogP contribution in [0.2, 0.25) is 0 Å². The minimum atomic E-state index is -0.458. The Labute approximate surface area is 117 Å². The molecule has 2 heterocycles. The zero-order valence-corrected chi connectivity index (χ0v) is 11.7. The molecule has 1 fully saturated rings. The SMILES string of the molecule is COC1(c2noc(C(N)c3cnn(C)c3)n2)CCCC1. The highest BCUT2D eigenvalue weighted by Gasteiger charge is 2.40. The normalized spacial score (nSPS) is 19.4. The highest BCUT2D eigenvalue weighted by molar-refractivity contribution is 5.18. The van der Waals surface area contributed by atoms with Gasteiger partial charge in [-0.15, -0.1) is 0 Å². The first-order valence-corrected chi connectivity index (χ1v) is 6.78. The molecule has 0 saturated heterocycles. The van der Waals surface area contributed by atoms with Gasteiger partial charge < -0.3 is 15.0 Å². The van der Waals surface area contributed by atoms with E-state index in [-0.39, 0.29) is 0 Å². The molecule has 1 unspecified atom stereocenters. The van der Waals surface area contributed by atoms with Crippen LogP contribution in [-0.4, -0.2) is 27.0 Å². The van der Waals surface area contributed by atoms with Crippen LogP contribution in [0.5, 0.6) is 0 Å². The van der Waals surface area contributed by atoms with Gasteiger partial charge in [-0.1, -0.05) is 5.16 Å². The van der Waals surface area contributed by atoms with Crippen LogP contribution in [0.1, 0.15) is 49.0 Å². The smallest absolute Gasteiger partial charge is 0.248 e. The van der Waals surface area contributed by atoms with Gasteiger partial charge >= 0.3 is 0 Å². The second kappa shape index (κ2) is 4.99. The third-order valence-corrected chi connectivity index (χ3v) is 4.00. The van der Waals surface area contributed by atoms with Crippen LogP contribution in [0.15, 0.2) is 16.9 Å². The summed E-state index contributed by atoms with van der Waals surface area (Å²) < 4.78 is 12.7. The van der Waals surface area contributed by atoms with E-state index < -0.39 is 11.6 Å². The van der Waals surface area contributed by atoms with Gasteiger partial charge in [0.05, 0.1) is 6.20 Å². The number of methoxy groups -OCH3 is 1. The maximum absolute atomic E-state index is 6.14. The Morgan fingerprint density at radius 1 is 1.45 bits per heavy atom. The largest absolute Gasteiger partial charge is 0.370 e. The summed E-state index contributed by atoms with van der Waals surface area (Å²) in [5.74, 6) is 1.00. The fourth-order valence-electron chi connectivity index (χ4n) is 2.76. The zero-order chi connectivity index (χ0) is 14.2. The molecule has 1 saturated carbocycles. The molecule has 7 heteroatoms. The number of nitrogens with zero attached hydrogens (tertiary/aromatic N) is 4. The summed E-state index contributed by atoms with van der Waals surface area (Å²) in [5.41, 5.74) is 6.58. The van der Waals surface area contributed by atoms with E-state index >= 15 is 0 Å². The Morgan fingerprint density at radius 2 is 2.20 bits per heavy atom. The van der Waals surface area contributed by atoms with Gasteiger partial charge in [0.2, 0.25) is 11.7 Å². The van der Waals surface area contributed by atoms with Crippen LogP contribution >= 0.6 is 0 Å². The third kappa shape index (κ3) is 2.12. The monoisotopic (exact) mass is 277 g/mol. The van der Waals surface area contributed by atoms with Crippen molar-refractivity contribution >= 4 is 0 Å². The van der Waals surface area contributed by atoms with Gasteiger partial charge in [0.1, 0.15) is 11.6 Å². The van der Waals surface area contributed by atoms with Gasteiger partial charge in [-0.3, -0.25) is 4.68 Å². The number of nitrogens with two attached hydrogens (primary N) is 1. The Morgan fingerprint density at radius 3 is 2.80 bits per heavy atom. The van der Waals surface area contributed by atoms with Crippen molar-refractivity contribution in [1.82, 2.24) is 19.9 Å². The molecule has 0 aliphatic heterocycles. The van der Waals surface area contributed by atoms with Crippen molar-refractivity contribution < 1.29 is 9.26 Å². The molecule has 0 bridgehead atoms. The Bertz CT molecular complexity index is 585.